The van der Waals surface area contributed by atoms with Gasteiger partial charge < -0.3 is 0 Å². The molecule has 0 bridgehead atoms. The van der Waals surface area contributed by atoms with E-state index in [1.165, 1.54) is 16.9 Å². The van der Waals surface area contributed by atoms with Gasteiger partial charge in [0.15, 0.2) is 5.13 Å². The van der Waals surface area contributed by atoms with Crippen LogP contribution in [0.2, 0.25) is 0 Å². The third-order valence-corrected chi connectivity index (χ3v) is 5.36. The summed E-state index contributed by atoms with van der Waals surface area (Å²) in [5.74, 6) is -0.225. The molecule has 1 atom stereocenters. The third-order valence-electron chi connectivity index (χ3n) is 4.67. The standard InChI is InChI=1S/C18H20N6OS/c1-12-13(10-20-23-12)11-24-8-3-6-16(24)14-4-2-5-15(21-14)17(25)22-18-19-7-9-26-18/h2,4-5,7,9-10,16H,3,6,8,11H2,1H3,(H,20,23)(H,19,22,25)/t16-/m1/s1. The molecule has 1 amide bonds. The first kappa shape index (κ1) is 16.9. The predicted molar refractivity (Wildman–Crippen MR) is 100 cm³/mol. The molecule has 0 spiro atoms. The number of hydrogen-bond acceptors (Lipinski definition) is 6. The van der Waals surface area contributed by atoms with Crippen LogP contribution in [0, 0.1) is 6.92 Å². The van der Waals surface area contributed by atoms with Crippen molar-refractivity contribution in [3.05, 3.63) is 58.6 Å². The van der Waals surface area contributed by atoms with Crippen molar-refractivity contribution in [1.82, 2.24) is 25.1 Å². The van der Waals surface area contributed by atoms with Gasteiger partial charge in [0.05, 0.1) is 17.9 Å². The molecule has 0 saturated carbocycles. The highest BCUT2D eigenvalue weighted by Gasteiger charge is 2.28. The lowest BCUT2D eigenvalue weighted by Crippen LogP contribution is -2.24. The average Bonchev–Trinajstić information content (AvgIpc) is 3.39. The number of amides is 1. The number of anilines is 1. The van der Waals surface area contributed by atoms with Gasteiger partial charge >= 0.3 is 0 Å². The summed E-state index contributed by atoms with van der Waals surface area (Å²) in [5.41, 5.74) is 3.66. The van der Waals surface area contributed by atoms with Crippen molar-refractivity contribution in [2.75, 3.05) is 11.9 Å². The SMILES string of the molecule is Cc1[nH]ncc1CN1CCC[C@@H]1c1cccc(C(=O)Nc2nccs2)n1. The van der Waals surface area contributed by atoms with Crippen LogP contribution in [0.25, 0.3) is 0 Å². The molecule has 2 N–H and O–H groups in total. The van der Waals surface area contributed by atoms with Gasteiger partial charge in [-0.05, 0) is 38.4 Å². The molecule has 0 radical (unpaired) electrons. The summed E-state index contributed by atoms with van der Waals surface area (Å²) in [7, 11) is 0. The van der Waals surface area contributed by atoms with E-state index in [1.54, 1.807) is 12.3 Å². The molecular formula is C18H20N6OS. The molecule has 134 valence electrons. The predicted octanol–water partition coefficient (Wildman–Crippen LogP) is 3.16. The van der Waals surface area contributed by atoms with Crippen LogP contribution in [-0.4, -0.2) is 37.5 Å². The molecule has 3 aromatic heterocycles. The van der Waals surface area contributed by atoms with Crippen molar-refractivity contribution in [2.45, 2.75) is 32.4 Å². The normalized spacial score (nSPS) is 17.5. The first-order chi connectivity index (χ1) is 12.7. The quantitative estimate of drug-likeness (QED) is 0.722. The molecule has 8 heteroatoms. The van der Waals surface area contributed by atoms with E-state index in [-0.39, 0.29) is 11.9 Å². The Hall–Kier alpha value is -2.58. The number of likely N-dealkylation sites (tertiary alicyclic amines) is 1. The number of aryl methyl sites for hydroxylation is 1. The number of nitrogens with zero attached hydrogens (tertiary/aromatic N) is 4. The third kappa shape index (κ3) is 3.51. The van der Waals surface area contributed by atoms with E-state index < -0.39 is 0 Å². The van der Waals surface area contributed by atoms with Crippen LogP contribution in [0.1, 0.15) is 46.3 Å². The minimum atomic E-state index is -0.225. The lowest BCUT2D eigenvalue weighted by Gasteiger charge is -2.24. The Morgan fingerprint density at radius 3 is 3.15 bits per heavy atom. The van der Waals surface area contributed by atoms with Crippen LogP contribution in [0.5, 0.6) is 0 Å². The zero-order valence-corrected chi connectivity index (χ0v) is 15.3. The van der Waals surface area contributed by atoms with E-state index in [2.05, 4.69) is 30.4 Å². The van der Waals surface area contributed by atoms with Gasteiger partial charge in [-0.3, -0.25) is 20.1 Å². The van der Waals surface area contributed by atoms with E-state index >= 15 is 0 Å². The maximum atomic E-state index is 12.4. The zero-order chi connectivity index (χ0) is 17.9. The second kappa shape index (κ2) is 7.35. The minimum absolute atomic E-state index is 0.219. The van der Waals surface area contributed by atoms with Crippen LogP contribution in [0.4, 0.5) is 5.13 Å². The summed E-state index contributed by atoms with van der Waals surface area (Å²) < 4.78 is 0. The molecule has 0 aromatic carbocycles. The second-order valence-electron chi connectivity index (χ2n) is 6.39. The number of thiazole rings is 1. The molecular weight excluding hydrogens is 348 g/mol. The summed E-state index contributed by atoms with van der Waals surface area (Å²) in [4.78, 5) is 23.6. The Morgan fingerprint density at radius 1 is 1.46 bits per heavy atom. The van der Waals surface area contributed by atoms with Crippen LogP contribution in [0.15, 0.2) is 36.0 Å². The topological polar surface area (TPSA) is 86.8 Å². The molecule has 4 rings (SSSR count). The molecule has 0 aliphatic carbocycles. The second-order valence-corrected chi connectivity index (χ2v) is 7.28. The van der Waals surface area contributed by atoms with E-state index in [0.29, 0.717) is 10.8 Å². The maximum absolute atomic E-state index is 12.4. The summed E-state index contributed by atoms with van der Waals surface area (Å²) in [6, 6.07) is 5.87. The fourth-order valence-corrected chi connectivity index (χ4v) is 3.84. The van der Waals surface area contributed by atoms with Gasteiger partial charge in [0.2, 0.25) is 0 Å². The summed E-state index contributed by atoms with van der Waals surface area (Å²) in [6.45, 7) is 3.89. The fraction of sp³-hybridized carbons (Fsp3) is 0.333. The molecule has 3 aromatic rings. The highest BCUT2D eigenvalue weighted by atomic mass is 32.1. The highest BCUT2D eigenvalue weighted by molar-refractivity contribution is 7.13. The largest absolute Gasteiger partial charge is 0.296 e. The number of H-pyrrole nitrogens is 1. The first-order valence-corrected chi connectivity index (χ1v) is 9.49. The monoisotopic (exact) mass is 368 g/mol. The highest BCUT2D eigenvalue weighted by Crippen LogP contribution is 2.32. The van der Waals surface area contributed by atoms with Crippen molar-refractivity contribution < 1.29 is 4.79 Å². The Labute approximate surface area is 155 Å². The fourth-order valence-electron chi connectivity index (χ4n) is 3.31. The number of aromatic amines is 1. The molecule has 1 saturated heterocycles. The van der Waals surface area contributed by atoms with E-state index in [0.717, 1.165) is 37.3 Å². The number of nitrogens with one attached hydrogen (secondary N) is 2. The van der Waals surface area contributed by atoms with Crippen LogP contribution in [-0.2, 0) is 6.54 Å². The van der Waals surface area contributed by atoms with Gasteiger partial charge in [-0.1, -0.05) is 6.07 Å². The van der Waals surface area contributed by atoms with Crippen molar-refractivity contribution in [3.8, 4) is 0 Å². The molecule has 1 aliphatic rings. The van der Waals surface area contributed by atoms with E-state index in [9.17, 15) is 4.79 Å². The van der Waals surface area contributed by atoms with Gasteiger partial charge in [0.25, 0.3) is 5.91 Å². The smallest absolute Gasteiger partial charge is 0.276 e. The van der Waals surface area contributed by atoms with Gasteiger partial charge in [0.1, 0.15) is 5.69 Å². The number of hydrogen-bond donors (Lipinski definition) is 2. The van der Waals surface area contributed by atoms with Gasteiger partial charge in [-0.15, -0.1) is 11.3 Å². The summed E-state index contributed by atoms with van der Waals surface area (Å²) in [6.07, 6.45) is 5.72. The summed E-state index contributed by atoms with van der Waals surface area (Å²) in [5, 5.41) is 12.3. The Balaban J connectivity index is 1.51. The van der Waals surface area contributed by atoms with Crippen molar-refractivity contribution in [2.24, 2.45) is 0 Å². The Morgan fingerprint density at radius 2 is 2.38 bits per heavy atom. The lowest BCUT2D eigenvalue weighted by atomic mass is 10.1. The number of aromatic nitrogens is 4. The molecule has 1 fully saturated rings. The van der Waals surface area contributed by atoms with Crippen LogP contribution >= 0.6 is 11.3 Å². The molecule has 1 aliphatic heterocycles. The van der Waals surface area contributed by atoms with E-state index in [4.69, 9.17) is 0 Å². The van der Waals surface area contributed by atoms with Crippen molar-refractivity contribution in [3.63, 3.8) is 0 Å². The van der Waals surface area contributed by atoms with Gasteiger partial charge in [-0.25, -0.2) is 9.97 Å². The number of pyridine rings is 1. The van der Waals surface area contributed by atoms with Crippen LogP contribution < -0.4 is 5.32 Å². The molecule has 0 unspecified atom stereocenters. The number of carbonyl (C=O) groups is 1. The van der Waals surface area contributed by atoms with Gasteiger partial charge in [-0.2, -0.15) is 5.10 Å². The van der Waals surface area contributed by atoms with Crippen LogP contribution in [0.3, 0.4) is 0 Å². The average molecular weight is 368 g/mol. The van der Waals surface area contributed by atoms with Crippen molar-refractivity contribution >= 4 is 22.4 Å². The molecule has 7 nitrogen and oxygen atoms in total. The molecule has 4 heterocycles. The first-order valence-electron chi connectivity index (χ1n) is 8.61. The lowest BCUT2D eigenvalue weighted by molar-refractivity contribution is 0.102. The number of rotatable bonds is 5. The van der Waals surface area contributed by atoms with E-state index in [1.807, 2.05) is 30.6 Å². The Bertz CT molecular complexity index is 891. The zero-order valence-electron chi connectivity index (χ0n) is 14.5. The Kier molecular flexibility index (Phi) is 4.77. The molecule has 26 heavy (non-hydrogen) atoms. The summed E-state index contributed by atoms with van der Waals surface area (Å²) >= 11 is 1.39. The number of carbonyl (C=O) groups excluding carboxylic acids is 1. The van der Waals surface area contributed by atoms with Gasteiger partial charge in [0, 0.05) is 29.4 Å². The maximum Gasteiger partial charge on any atom is 0.276 e. The minimum Gasteiger partial charge on any atom is -0.296 e. The van der Waals surface area contributed by atoms with Crippen molar-refractivity contribution in [1.29, 1.82) is 0 Å².